The Labute approximate surface area is 176 Å². The predicted octanol–water partition coefficient (Wildman–Crippen LogP) is 4.67. The van der Waals surface area contributed by atoms with E-state index < -0.39 is 11.6 Å². The number of hydrogen-bond donors (Lipinski definition) is 0. The molecule has 28 heavy (non-hydrogen) atoms. The molecule has 0 bridgehead atoms. The van der Waals surface area contributed by atoms with Crippen molar-refractivity contribution in [2.45, 2.75) is 18.9 Å². The van der Waals surface area contributed by atoms with Crippen LogP contribution < -0.4 is 7.80 Å². The van der Waals surface area contributed by atoms with Gasteiger partial charge in [-0.15, -0.1) is 0 Å². The van der Waals surface area contributed by atoms with Gasteiger partial charge in [-0.2, -0.15) is 0 Å². The molecule has 1 saturated heterocycles. The minimum Gasteiger partial charge on any atom is -0.490 e. The van der Waals surface area contributed by atoms with Gasteiger partial charge in [0, 0.05) is 24.7 Å². The van der Waals surface area contributed by atoms with Crippen LogP contribution in [-0.4, -0.2) is 36.4 Å². The van der Waals surface area contributed by atoms with Gasteiger partial charge in [-0.25, -0.2) is 8.78 Å². The van der Waals surface area contributed by atoms with Crippen LogP contribution in [0.25, 0.3) is 0 Å². The molecule has 4 nitrogen and oxygen atoms in total. The van der Waals surface area contributed by atoms with Crippen molar-refractivity contribution in [1.82, 2.24) is 4.90 Å². The average Bonchev–Trinajstić information content (AvgIpc) is 3.22. The molecule has 1 saturated carbocycles. The van der Waals surface area contributed by atoms with Crippen molar-refractivity contribution in [2.24, 2.45) is 11.8 Å². The van der Waals surface area contributed by atoms with Gasteiger partial charge in [0.05, 0.1) is 12.6 Å². The molecule has 2 aliphatic rings. The third-order valence-electron chi connectivity index (χ3n) is 5.61. The maximum Gasteiger partial charge on any atom is 0.192 e. The highest BCUT2D eigenvalue weighted by atomic mass is 127. The minimum absolute atomic E-state index is 0.0125. The second-order valence-electron chi connectivity index (χ2n) is 7.53. The van der Waals surface area contributed by atoms with Crippen molar-refractivity contribution in [3.63, 3.8) is 0 Å². The van der Waals surface area contributed by atoms with Crippen LogP contribution in [0.15, 0.2) is 42.5 Å². The fraction of sp³-hybridized carbons (Fsp3) is 0.381. The first-order valence-electron chi connectivity index (χ1n) is 9.27. The quantitative estimate of drug-likeness (QED) is 0.428. The van der Waals surface area contributed by atoms with Gasteiger partial charge in [-0.1, -0.05) is 0 Å². The van der Waals surface area contributed by atoms with E-state index in [2.05, 4.69) is 4.90 Å². The molecule has 1 heterocycles. The lowest BCUT2D eigenvalue weighted by molar-refractivity contribution is 0.0936. The van der Waals surface area contributed by atoms with Crippen molar-refractivity contribution in [3.05, 3.63) is 59.7 Å². The summed E-state index contributed by atoms with van der Waals surface area (Å²) in [4.78, 5) is 14.7. The highest BCUT2D eigenvalue weighted by molar-refractivity contribution is 14.1. The number of nitrogens with zero attached hydrogens (tertiary/aromatic N) is 1. The zero-order valence-corrected chi connectivity index (χ0v) is 17.3. The molecule has 2 aromatic rings. The Morgan fingerprint density at radius 3 is 2.25 bits per heavy atom. The van der Waals surface area contributed by atoms with Crippen LogP contribution in [-0.2, 0) is 0 Å². The van der Waals surface area contributed by atoms with Gasteiger partial charge in [-0.3, -0.25) is 9.69 Å². The summed E-state index contributed by atoms with van der Waals surface area (Å²) in [5.74, 6) is 0.381. The summed E-state index contributed by atoms with van der Waals surface area (Å²) < 4.78 is 37.3. The highest BCUT2D eigenvalue weighted by Crippen LogP contribution is 2.39. The molecule has 0 amide bonds. The van der Waals surface area contributed by atoms with Crippen molar-refractivity contribution in [3.8, 4) is 11.5 Å². The Hall–Kier alpha value is -1.74. The molecule has 1 aliphatic heterocycles. The minimum atomic E-state index is -0.890. The number of carbonyl (C=O) groups is 1. The number of fused-ring (bicyclic) bond motifs is 1. The largest absolute Gasteiger partial charge is 0.490 e. The summed E-state index contributed by atoms with van der Waals surface area (Å²) in [6.45, 7) is 2.14. The smallest absolute Gasteiger partial charge is 0.192 e. The number of carbonyl (C=O) groups excluding carboxylic acids is 1. The Balaban J connectivity index is 1.28. The zero-order valence-electron chi connectivity index (χ0n) is 15.1. The number of Topliss-reactive ketones (excluding diaryl/α,β-unsaturated/α-hetero) is 1. The molecule has 3 atom stereocenters. The summed E-state index contributed by atoms with van der Waals surface area (Å²) in [5.41, 5.74) is 0.689. The third-order valence-corrected chi connectivity index (χ3v) is 6.12. The molecule has 0 radical (unpaired) electrons. The number of hydrogen-bond acceptors (Lipinski definition) is 4. The second-order valence-corrected chi connectivity index (χ2v) is 7.97. The molecular formula is C21H20F2INO3. The Morgan fingerprint density at radius 2 is 1.64 bits per heavy atom. The number of likely N-dealkylation sites (tertiary alicyclic amines) is 1. The maximum atomic E-state index is 13.3. The Kier molecular flexibility index (Phi) is 5.82. The molecule has 1 unspecified atom stereocenters. The lowest BCUT2D eigenvalue weighted by Crippen LogP contribution is -2.30. The number of ketones is 1. The van der Waals surface area contributed by atoms with Crippen LogP contribution in [0.4, 0.5) is 8.78 Å². The number of halogens is 3. The standard InChI is InChI=1S/C21H20F2INO3/c22-19-6-5-17(9-20(19)23)27-18-7-14-10-25(11-15(14)8-18)12-21(26)13-1-3-16(28-24)4-2-13/h1-6,9,14-15,18H,7-8,10-12H2/t14-,15+,18?. The van der Waals surface area contributed by atoms with E-state index in [9.17, 15) is 13.6 Å². The first-order valence-corrected chi connectivity index (χ1v) is 10.2. The van der Waals surface area contributed by atoms with E-state index in [0.717, 1.165) is 43.8 Å². The van der Waals surface area contributed by atoms with E-state index in [1.54, 1.807) is 24.3 Å². The SMILES string of the molecule is O=C(CN1C[C@H]2CC(Oc3ccc(F)c(F)c3)C[C@H]2C1)c1ccc(OI)cc1. The maximum absolute atomic E-state index is 13.3. The molecule has 2 aromatic carbocycles. The van der Waals surface area contributed by atoms with E-state index in [1.165, 1.54) is 6.07 Å². The molecular weight excluding hydrogens is 479 g/mol. The van der Waals surface area contributed by atoms with Gasteiger partial charge >= 0.3 is 0 Å². The highest BCUT2D eigenvalue weighted by Gasteiger charge is 2.42. The summed E-state index contributed by atoms with van der Waals surface area (Å²) >= 11 is 1.81. The van der Waals surface area contributed by atoms with E-state index in [1.807, 2.05) is 23.0 Å². The van der Waals surface area contributed by atoms with Crippen LogP contribution in [0.5, 0.6) is 11.5 Å². The third kappa shape index (κ3) is 4.30. The van der Waals surface area contributed by atoms with Crippen LogP contribution in [0.1, 0.15) is 23.2 Å². The molecule has 4 rings (SSSR count). The van der Waals surface area contributed by atoms with Crippen LogP contribution >= 0.6 is 23.0 Å². The Morgan fingerprint density at radius 1 is 1.00 bits per heavy atom. The molecule has 2 fully saturated rings. The van der Waals surface area contributed by atoms with E-state index in [4.69, 9.17) is 7.80 Å². The van der Waals surface area contributed by atoms with Gasteiger partial charge in [0.25, 0.3) is 0 Å². The Bertz CT molecular complexity index is 847. The van der Waals surface area contributed by atoms with Crippen molar-refractivity contribution in [1.29, 1.82) is 0 Å². The van der Waals surface area contributed by atoms with E-state index in [-0.39, 0.29) is 11.9 Å². The lowest BCUT2D eigenvalue weighted by Gasteiger charge is -2.19. The molecule has 7 heteroatoms. The van der Waals surface area contributed by atoms with Crippen LogP contribution in [0, 0.1) is 23.5 Å². The number of ether oxygens (including phenoxy) is 1. The molecule has 1 aliphatic carbocycles. The average molecular weight is 499 g/mol. The van der Waals surface area contributed by atoms with Crippen molar-refractivity contribution >= 4 is 28.8 Å². The van der Waals surface area contributed by atoms with Gasteiger partial charge in [0.1, 0.15) is 11.5 Å². The number of benzene rings is 2. The zero-order chi connectivity index (χ0) is 19.7. The summed E-state index contributed by atoms with van der Waals surface area (Å²) in [6.07, 6.45) is 1.75. The fourth-order valence-corrected chi connectivity index (χ4v) is 4.59. The normalized spacial score (nSPS) is 24.2. The van der Waals surface area contributed by atoms with E-state index in [0.29, 0.717) is 29.7 Å². The molecule has 0 spiro atoms. The number of rotatable bonds is 6. The van der Waals surface area contributed by atoms with Crippen molar-refractivity contribution < 1.29 is 21.4 Å². The van der Waals surface area contributed by atoms with Crippen molar-refractivity contribution in [2.75, 3.05) is 19.6 Å². The summed E-state index contributed by atoms with van der Waals surface area (Å²) in [6, 6.07) is 10.8. The fourth-order valence-electron chi connectivity index (χ4n) is 4.30. The first kappa shape index (κ1) is 19.6. The molecule has 0 aromatic heterocycles. The summed E-state index contributed by atoms with van der Waals surface area (Å²) in [7, 11) is 0. The van der Waals surface area contributed by atoms with Crippen LogP contribution in [0.2, 0.25) is 0 Å². The van der Waals surface area contributed by atoms with Gasteiger partial charge < -0.3 is 7.80 Å². The molecule has 0 N–H and O–H groups in total. The van der Waals surface area contributed by atoms with E-state index >= 15 is 0 Å². The predicted molar refractivity (Wildman–Crippen MR) is 109 cm³/mol. The van der Waals surface area contributed by atoms with Gasteiger partial charge in [-0.05, 0) is 61.1 Å². The summed E-state index contributed by atoms with van der Waals surface area (Å²) in [5, 5.41) is 0. The van der Waals surface area contributed by atoms with Crippen LogP contribution in [0.3, 0.4) is 0 Å². The molecule has 148 valence electrons. The van der Waals surface area contributed by atoms with Gasteiger partial charge in [0.15, 0.2) is 40.4 Å². The topological polar surface area (TPSA) is 38.8 Å². The second kappa shape index (κ2) is 8.32. The van der Waals surface area contributed by atoms with Gasteiger partial charge in [0.2, 0.25) is 0 Å². The first-order chi connectivity index (χ1) is 13.5. The monoisotopic (exact) mass is 499 g/mol. The lowest BCUT2D eigenvalue weighted by atomic mass is 10.0.